The maximum absolute atomic E-state index is 13.9. The third-order valence-electron chi connectivity index (χ3n) is 7.74. The smallest absolute Gasteiger partial charge is 0.417 e. The second-order valence-corrected chi connectivity index (χ2v) is 12.9. The molecule has 0 N–H and O–H groups in total. The predicted octanol–water partition coefficient (Wildman–Crippen LogP) is 7.58. The number of benzene rings is 3. The van der Waals surface area contributed by atoms with Crippen LogP contribution in [-0.2, 0) is 31.9 Å². The van der Waals surface area contributed by atoms with E-state index in [0.717, 1.165) is 28.6 Å². The summed E-state index contributed by atoms with van der Waals surface area (Å²) in [7, 11) is -3.36. The van der Waals surface area contributed by atoms with Gasteiger partial charge in [-0.2, -0.15) is 26.3 Å². The van der Waals surface area contributed by atoms with Crippen molar-refractivity contribution >= 4 is 44.5 Å². The lowest BCUT2D eigenvalue weighted by Crippen LogP contribution is -2.44. The van der Waals surface area contributed by atoms with Crippen LogP contribution in [0.4, 0.5) is 37.7 Å². The summed E-state index contributed by atoms with van der Waals surface area (Å²) in [6.45, 7) is 0.124. The Bertz CT molecular complexity index is 1780. The fourth-order valence-corrected chi connectivity index (χ4v) is 7.27. The Labute approximate surface area is 266 Å². The van der Waals surface area contributed by atoms with Crippen LogP contribution in [0, 0.1) is 0 Å². The highest BCUT2D eigenvalue weighted by atomic mass is 35.5. The van der Waals surface area contributed by atoms with Gasteiger partial charge >= 0.3 is 18.3 Å². The quantitative estimate of drug-likeness (QED) is 0.188. The van der Waals surface area contributed by atoms with E-state index < -0.39 is 50.5 Å². The maximum Gasteiger partial charge on any atom is 0.417 e. The van der Waals surface area contributed by atoms with Crippen molar-refractivity contribution in [2.45, 2.75) is 42.6 Å². The molecule has 15 heteroatoms. The van der Waals surface area contributed by atoms with Crippen LogP contribution in [-0.4, -0.2) is 47.2 Å². The summed E-state index contributed by atoms with van der Waals surface area (Å²) in [4.78, 5) is 13.0. The molecule has 3 aromatic rings. The first kappa shape index (κ1) is 33.5. The number of alkyl halides is 6. The van der Waals surface area contributed by atoms with Crippen LogP contribution in [0.25, 0.3) is 5.57 Å². The standard InChI is InChI=1S/C31H27ClF6N2O5S/c1-44-28(41)11-9-22-18-40(46(42,43)23-5-2-4-20(16-23)30(33,34)35)26-17-21(8-10-27(26)45-22)39-14-12-19(13-15-39)29-24(31(36,37)38)6-3-7-25(29)32/h2-8,10,12,16-17,22H,9,11,13-15,18H2,1H3/t22-/m0/s1. The van der Waals surface area contributed by atoms with Gasteiger partial charge in [-0.1, -0.05) is 29.8 Å². The Hall–Kier alpha value is -3.91. The molecule has 0 aromatic heterocycles. The van der Waals surface area contributed by atoms with Crippen molar-refractivity contribution in [3.8, 4) is 5.75 Å². The molecular weight excluding hydrogens is 662 g/mol. The first-order valence-electron chi connectivity index (χ1n) is 14.0. The number of carbonyl (C=O) groups is 1. The lowest BCUT2D eigenvalue weighted by molar-refractivity contribution is -0.141. The molecule has 0 fully saturated rings. The predicted molar refractivity (Wildman–Crippen MR) is 159 cm³/mol. The summed E-state index contributed by atoms with van der Waals surface area (Å²) in [5.74, 6) is -0.423. The molecule has 7 nitrogen and oxygen atoms in total. The van der Waals surface area contributed by atoms with Gasteiger partial charge in [-0.25, -0.2) is 8.42 Å². The SMILES string of the molecule is COC(=O)CC[C@H]1CN(S(=O)(=O)c2cccc(C(F)(F)F)c2)c2cc(N3CC=C(c4c(Cl)cccc4C(F)(F)F)CC3)ccc2O1. The van der Waals surface area contributed by atoms with Gasteiger partial charge in [0.15, 0.2) is 0 Å². The van der Waals surface area contributed by atoms with Gasteiger partial charge in [0.1, 0.15) is 11.9 Å². The van der Waals surface area contributed by atoms with Crippen LogP contribution in [0.5, 0.6) is 5.75 Å². The number of anilines is 2. The Morgan fingerprint density at radius 2 is 1.76 bits per heavy atom. The second kappa shape index (κ2) is 12.7. The molecule has 2 heterocycles. The monoisotopic (exact) mass is 688 g/mol. The molecule has 0 spiro atoms. The van der Waals surface area contributed by atoms with Crippen molar-refractivity contribution in [3.63, 3.8) is 0 Å². The van der Waals surface area contributed by atoms with Gasteiger partial charge < -0.3 is 14.4 Å². The lowest BCUT2D eigenvalue weighted by Gasteiger charge is -2.37. The van der Waals surface area contributed by atoms with Crippen LogP contribution < -0.4 is 13.9 Å². The van der Waals surface area contributed by atoms with E-state index in [0.29, 0.717) is 17.3 Å². The zero-order valence-corrected chi connectivity index (χ0v) is 25.7. The number of methoxy groups -OCH3 is 1. The minimum Gasteiger partial charge on any atom is -0.486 e. The number of carbonyl (C=O) groups excluding carboxylic acids is 1. The van der Waals surface area contributed by atoms with Crippen LogP contribution in [0.2, 0.25) is 5.02 Å². The molecule has 1 atom stereocenters. The summed E-state index contributed by atoms with van der Waals surface area (Å²) in [6.07, 6.45) is -8.41. The summed E-state index contributed by atoms with van der Waals surface area (Å²) in [6, 6.07) is 11.6. The average Bonchev–Trinajstić information content (AvgIpc) is 3.02. The van der Waals surface area contributed by atoms with E-state index in [4.69, 9.17) is 16.3 Å². The van der Waals surface area contributed by atoms with E-state index in [2.05, 4.69) is 4.74 Å². The Kier molecular flexibility index (Phi) is 9.24. The van der Waals surface area contributed by atoms with Crippen molar-refractivity contribution in [2.24, 2.45) is 0 Å². The summed E-state index contributed by atoms with van der Waals surface area (Å²) in [5, 5.41) is -0.0300. The Balaban J connectivity index is 1.49. The van der Waals surface area contributed by atoms with E-state index in [9.17, 15) is 39.6 Å². The van der Waals surface area contributed by atoms with Crippen molar-refractivity contribution in [3.05, 3.63) is 88.5 Å². The molecule has 2 aliphatic heterocycles. The van der Waals surface area contributed by atoms with Crippen LogP contribution in [0.15, 0.2) is 71.6 Å². The maximum atomic E-state index is 13.9. The van der Waals surface area contributed by atoms with Gasteiger partial charge in [0.25, 0.3) is 10.0 Å². The highest BCUT2D eigenvalue weighted by molar-refractivity contribution is 7.92. The minimum absolute atomic E-state index is 0.0300. The van der Waals surface area contributed by atoms with E-state index in [1.807, 2.05) is 4.90 Å². The first-order valence-corrected chi connectivity index (χ1v) is 15.8. The summed E-state index contributed by atoms with van der Waals surface area (Å²) >= 11 is 6.19. The van der Waals surface area contributed by atoms with E-state index in [1.54, 1.807) is 12.1 Å². The molecule has 0 aliphatic carbocycles. The molecule has 2 aliphatic rings. The molecule has 3 aromatic carbocycles. The molecule has 0 bridgehead atoms. The van der Waals surface area contributed by atoms with Crippen molar-refractivity contribution in [1.29, 1.82) is 0 Å². The van der Waals surface area contributed by atoms with Gasteiger partial charge in [-0.3, -0.25) is 9.10 Å². The van der Waals surface area contributed by atoms with Crippen molar-refractivity contribution in [2.75, 3.05) is 35.9 Å². The summed E-state index contributed by atoms with van der Waals surface area (Å²) in [5.41, 5.74) is -1.09. The fourth-order valence-electron chi connectivity index (χ4n) is 5.43. The molecule has 0 unspecified atom stereocenters. The normalized spacial score (nSPS) is 17.2. The number of esters is 1. The number of fused-ring (bicyclic) bond motifs is 1. The van der Waals surface area contributed by atoms with E-state index in [1.165, 1.54) is 31.4 Å². The molecule has 0 amide bonds. The fraction of sp³-hybridized carbons (Fsp3) is 0.323. The highest BCUT2D eigenvalue weighted by Crippen LogP contribution is 2.43. The van der Waals surface area contributed by atoms with Crippen molar-refractivity contribution in [1.82, 2.24) is 0 Å². The number of hydrogen-bond donors (Lipinski definition) is 0. The molecule has 46 heavy (non-hydrogen) atoms. The summed E-state index contributed by atoms with van der Waals surface area (Å²) < 4.78 is 121. The molecule has 246 valence electrons. The number of nitrogens with zero attached hydrogens (tertiary/aromatic N) is 2. The number of ether oxygens (including phenoxy) is 2. The van der Waals surface area contributed by atoms with E-state index in [-0.39, 0.29) is 60.9 Å². The van der Waals surface area contributed by atoms with Crippen molar-refractivity contribution < 1.29 is 49.0 Å². The van der Waals surface area contributed by atoms with Crippen LogP contribution >= 0.6 is 11.6 Å². The Morgan fingerprint density at radius 3 is 2.41 bits per heavy atom. The molecule has 0 saturated heterocycles. The van der Waals surface area contributed by atoms with Crippen LogP contribution in [0.1, 0.15) is 36.0 Å². The van der Waals surface area contributed by atoms with Gasteiger partial charge in [-0.15, -0.1) is 0 Å². The van der Waals surface area contributed by atoms with Gasteiger partial charge in [-0.05, 0) is 66.9 Å². The lowest BCUT2D eigenvalue weighted by atomic mass is 9.94. The largest absolute Gasteiger partial charge is 0.486 e. The molecule has 0 saturated carbocycles. The van der Waals surface area contributed by atoms with Gasteiger partial charge in [0, 0.05) is 35.8 Å². The number of halogens is 7. The molecule has 5 rings (SSSR count). The van der Waals surface area contributed by atoms with Gasteiger partial charge in [0.05, 0.1) is 35.4 Å². The molecule has 0 radical (unpaired) electrons. The zero-order valence-electron chi connectivity index (χ0n) is 24.2. The topological polar surface area (TPSA) is 76.2 Å². The number of hydrogen-bond acceptors (Lipinski definition) is 6. The highest BCUT2D eigenvalue weighted by Gasteiger charge is 2.38. The average molecular weight is 689 g/mol. The molecular formula is C31H27ClF6N2O5S. The third kappa shape index (κ3) is 6.92. The van der Waals surface area contributed by atoms with Crippen LogP contribution in [0.3, 0.4) is 0 Å². The number of sulfonamides is 1. The first-order chi connectivity index (χ1) is 21.6. The Morgan fingerprint density at radius 1 is 1.02 bits per heavy atom. The number of rotatable bonds is 7. The second-order valence-electron chi connectivity index (χ2n) is 10.7. The zero-order chi connectivity index (χ0) is 33.4. The third-order valence-corrected chi connectivity index (χ3v) is 9.83. The van der Waals surface area contributed by atoms with Gasteiger partial charge in [0.2, 0.25) is 0 Å². The van der Waals surface area contributed by atoms with E-state index >= 15 is 0 Å². The minimum atomic E-state index is -4.78.